The molecule has 0 amide bonds. The van der Waals surface area contributed by atoms with Gasteiger partial charge in [-0.05, 0) is 44.9 Å². The third-order valence-electron chi connectivity index (χ3n) is 10.1. The van der Waals surface area contributed by atoms with Crippen LogP contribution in [0.25, 0.3) is 0 Å². The summed E-state index contributed by atoms with van der Waals surface area (Å²) in [5.74, 6) is -0.827. The lowest BCUT2D eigenvalue weighted by Crippen LogP contribution is -2.29. The van der Waals surface area contributed by atoms with Crippen molar-refractivity contribution in [2.75, 3.05) is 26.4 Å². The minimum absolute atomic E-state index is 0.0541. The molecule has 10 heteroatoms. The van der Waals surface area contributed by atoms with E-state index in [1.54, 1.807) is 0 Å². The van der Waals surface area contributed by atoms with Crippen molar-refractivity contribution in [3.63, 3.8) is 0 Å². The maximum absolute atomic E-state index is 12.6. The van der Waals surface area contributed by atoms with Crippen LogP contribution in [0, 0.1) is 0 Å². The summed E-state index contributed by atoms with van der Waals surface area (Å²) < 4.78 is 32.8. The van der Waals surface area contributed by atoms with E-state index in [-0.39, 0.29) is 38.6 Å². The van der Waals surface area contributed by atoms with Gasteiger partial charge in [-0.15, -0.1) is 0 Å². The van der Waals surface area contributed by atoms with Crippen molar-refractivity contribution in [2.24, 2.45) is 5.73 Å². The van der Waals surface area contributed by atoms with Crippen molar-refractivity contribution in [1.29, 1.82) is 0 Å². The lowest BCUT2D eigenvalue weighted by atomic mass is 10.0. The summed E-state index contributed by atoms with van der Waals surface area (Å²) in [5.41, 5.74) is 5.35. The minimum atomic E-state index is -4.38. The number of allylic oxidation sites excluding steroid dienone is 4. The topological polar surface area (TPSA) is 134 Å². The SMILES string of the molecule is CCCCC/C=C\C/C=C\CCCCCCCCCC(=O)OC[C@H](COP(=O)(O)OCCN)OC(=O)CCCCCCCCCCCCCCCCCCCC. The van der Waals surface area contributed by atoms with Gasteiger partial charge in [0.25, 0.3) is 0 Å². The van der Waals surface area contributed by atoms with E-state index in [1.807, 2.05) is 0 Å². The second-order valence-corrected chi connectivity index (χ2v) is 17.1. The predicted molar refractivity (Wildman–Crippen MR) is 234 cm³/mol. The molecule has 0 saturated heterocycles. The highest BCUT2D eigenvalue weighted by Crippen LogP contribution is 2.43. The number of carbonyl (C=O) groups excluding carboxylic acids is 2. The highest BCUT2D eigenvalue weighted by atomic mass is 31.2. The molecule has 0 aromatic heterocycles. The van der Waals surface area contributed by atoms with E-state index >= 15 is 0 Å². The standard InChI is InChI=1S/C46H88NO8P/c1-3-5-7-9-11-13-15-17-19-21-23-25-27-29-31-33-35-37-39-46(49)55-44(43-54-56(50,51)53-41-40-47)42-52-45(48)38-36-34-32-30-28-26-24-22-20-18-16-14-12-10-8-6-4-2/h12,14,18,20,44H,3-11,13,15-17,19,21-43,47H2,1-2H3,(H,50,51)/b14-12-,20-18-/t44-/m1/s1. The van der Waals surface area contributed by atoms with Gasteiger partial charge in [0.2, 0.25) is 0 Å². The lowest BCUT2D eigenvalue weighted by molar-refractivity contribution is -0.161. The van der Waals surface area contributed by atoms with E-state index in [2.05, 4.69) is 38.2 Å². The van der Waals surface area contributed by atoms with E-state index in [0.29, 0.717) is 6.42 Å². The molecule has 56 heavy (non-hydrogen) atoms. The van der Waals surface area contributed by atoms with E-state index in [0.717, 1.165) is 51.4 Å². The highest BCUT2D eigenvalue weighted by molar-refractivity contribution is 7.47. The van der Waals surface area contributed by atoms with Crippen molar-refractivity contribution < 1.29 is 37.6 Å². The van der Waals surface area contributed by atoms with Gasteiger partial charge in [-0.2, -0.15) is 0 Å². The molecule has 0 aliphatic heterocycles. The summed E-state index contributed by atoms with van der Waals surface area (Å²) in [6, 6.07) is 0. The Morgan fingerprint density at radius 3 is 1.39 bits per heavy atom. The Balaban J connectivity index is 4.09. The van der Waals surface area contributed by atoms with Crippen molar-refractivity contribution in [3.05, 3.63) is 24.3 Å². The van der Waals surface area contributed by atoms with Crippen LogP contribution in [0.3, 0.4) is 0 Å². The Kier molecular flexibility index (Phi) is 41.9. The molecule has 330 valence electrons. The van der Waals surface area contributed by atoms with E-state index in [4.69, 9.17) is 24.3 Å². The van der Waals surface area contributed by atoms with Crippen molar-refractivity contribution in [3.8, 4) is 0 Å². The molecule has 0 rings (SSSR count). The van der Waals surface area contributed by atoms with E-state index < -0.39 is 26.5 Å². The van der Waals surface area contributed by atoms with Crippen LogP contribution in [0.15, 0.2) is 24.3 Å². The minimum Gasteiger partial charge on any atom is -0.462 e. The molecular weight excluding hydrogens is 725 g/mol. The number of carbonyl (C=O) groups is 2. The molecule has 9 nitrogen and oxygen atoms in total. The molecule has 2 atom stereocenters. The van der Waals surface area contributed by atoms with Crippen molar-refractivity contribution in [1.82, 2.24) is 0 Å². The van der Waals surface area contributed by atoms with Crippen LogP contribution in [0.2, 0.25) is 0 Å². The molecule has 0 radical (unpaired) electrons. The van der Waals surface area contributed by atoms with Gasteiger partial charge in [-0.25, -0.2) is 4.57 Å². The number of unbranched alkanes of at least 4 members (excludes halogenated alkanes) is 27. The van der Waals surface area contributed by atoms with Gasteiger partial charge in [0, 0.05) is 19.4 Å². The Bertz CT molecular complexity index is 975. The summed E-state index contributed by atoms with van der Waals surface area (Å²) in [7, 11) is -4.38. The lowest BCUT2D eigenvalue weighted by Gasteiger charge is -2.19. The van der Waals surface area contributed by atoms with Crippen LogP contribution in [0.4, 0.5) is 0 Å². The Hall–Kier alpha value is -1.51. The summed E-state index contributed by atoms with van der Waals surface area (Å²) in [6.45, 7) is 3.73. The largest absolute Gasteiger partial charge is 0.472 e. The van der Waals surface area contributed by atoms with Gasteiger partial charge in [0.15, 0.2) is 6.10 Å². The summed E-state index contributed by atoms with van der Waals surface area (Å²) in [4.78, 5) is 34.9. The average molecular weight is 814 g/mol. The van der Waals surface area contributed by atoms with Crippen molar-refractivity contribution >= 4 is 19.8 Å². The van der Waals surface area contributed by atoms with Crippen LogP contribution < -0.4 is 5.73 Å². The second-order valence-electron chi connectivity index (χ2n) is 15.6. The number of hydrogen-bond donors (Lipinski definition) is 2. The quantitative estimate of drug-likeness (QED) is 0.0267. The van der Waals surface area contributed by atoms with Gasteiger partial charge in [-0.1, -0.05) is 192 Å². The zero-order valence-electron chi connectivity index (χ0n) is 36.4. The molecule has 3 N–H and O–H groups in total. The molecule has 0 bridgehead atoms. The molecule has 0 aromatic rings. The number of ether oxygens (including phenoxy) is 2. The first-order valence-electron chi connectivity index (χ1n) is 23.3. The number of esters is 2. The molecule has 1 unspecified atom stereocenters. The highest BCUT2D eigenvalue weighted by Gasteiger charge is 2.26. The monoisotopic (exact) mass is 814 g/mol. The molecular formula is C46H88NO8P. The van der Waals surface area contributed by atoms with E-state index in [9.17, 15) is 19.0 Å². The Labute approximate surface area is 344 Å². The normalized spacial score (nSPS) is 13.4. The average Bonchev–Trinajstić information content (AvgIpc) is 3.18. The zero-order chi connectivity index (χ0) is 41.1. The fraction of sp³-hybridized carbons (Fsp3) is 0.870. The van der Waals surface area contributed by atoms with Gasteiger partial charge in [0.05, 0.1) is 13.2 Å². The van der Waals surface area contributed by atoms with Crippen LogP contribution in [-0.4, -0.2) is 49.3 Å². The predicted octanol–water partition coefficient (Wildman–Crippen LogP) is 13.6. The first kappa shape index (κ1) is 54.5. The van der Waals surface area contributed by atoms with Crippen molar-refractivity contribution in [2.45, 2.75) is 232 Å². The molecule has 0 saturated carbocycles. The number of phosphoric ester groups is 1. The maximum Gasteiger partial charge on any atom is 0.472 e. The molecule has 0 aliphatic rings. The van der Waals surface area contributed by atoms with Gasteiger partial charge < -0.3 is 20.1 Å². The fourth-order valence-electron chi connectivity index (χ4n) is 6.61. The fourth-order valence-corrected chi connectivity index (χ4v) is 7.37. The van der Waals surface area contributed by atoms with Crippen LogP contribution >= 0.6 is 7.82 Å². The van der Waals surface area contributed by atoms with E-state index in [1.165, 1.54) is 141 Å². The second kappa shape index (κ2) is 43.1. The number of phosphoric acid groups is 1. The maximum atomic E-state index is 12.6. The molecule has 0 aliphatic carbocycles. The molecule has 0 heterocycles. The molecule has 0 spiro atoms. The van der Waals surface area contributed by atoms with Crippen LogP contribution in [-0.2, 0) is 32.7 Å². The Morgan fingerprint density at radius 2 is 0.929 bits per heavy atom. The third-order valence-corrected chi connectivity index (χ3v) is 11.1. The van der Waals surface area contributed by atoms with Crippen LogP contribution in [0.5, 0.6) is 0 Å². The molecule has 0 aromatic carbocycles. The first-order chi connectivity index (χ1) is 27.3. The number of hydrogen-bond acceptors (Lipinski definition) is 8. The van der Waals surface area contributed by atoms with Gasteiger partial charge in [0.1, 0.15) is 6.61 Å². The smallest absolute Gasteiger partial charge is 0.462 e. The van der Waals surface area contributed by atoms with Gasteiger partial charge >= 0.3 is 19.8 Å². The summed E-state index contributed by atoms with van der Waals surface area (Å²) >= 11 is 0. The zero-order valence-corrected chi connectivity index (χ0v) is 37.3. The summed E-state index contributed by atoms with van der Waals surface area (Å²) in [5, 5.41) is 0. The van der Waals surface area contributed by atoms with Crippen LogP contribution in [0.1, 0.15) is 226 Å². The number of rotatable bonds is 44. The number of nitrogens with two attached hydrogens (primary N) is 1. The third kappa shape index (κ3) is 42.1. The Morgan fingerprint density at radius 1 is 0.536 bits per heavy atom. The molecule has 0 fully saturated rings. The first-order valence-corrected chi connectivity index (χ1v) is 24.8. The summed E-state index contributed by atoms with van der Waals surface area (Å²) in [6.07, 6.45) is 46.3. The van der Waals surface area contributed by atoms with Gasteiger partial charge in [-0.3, -0.25) is 18.6 Å².